The molecule has 0 radical (unpaired) electrons. The maximum Gasteiger partial charge on any atom is 0.328 e. The van der Waals surface area contributed by atoms with E-state index < -0.39 is 30.0 Å². The second-order valence-corrected chi connectivity index (χ2v) is 8.25. The van der Waals surface area contributed by atoms with E-state index >= 15 is 0 Å². The molecule has 0 unspecified atom stereocenters. The molecule has 1 aromatic carbocycles. The summed E-state index contributed by atoms with van der Waals surface area (Å²) in [7, 11) is 1.38. The first-order chi connectivity index (χ1) is 16.6. The van der Waals surface area contributed by atoms with Crippen LogP contribution in [0.2, 0.25) is 0 Å². The third-order valence-electron chi connectivity index (χ3n) is 5.63. The number of benzene rings is 1. The highest BCUT2D eigenvalue weighted by Gasteiger charge is 2.27. The van der Waals surface area contributed by atoms with E-state index in [2.05, 4.69) is 17.0 Å². The molecular weight excluding hydrogens is 448 g/mol. The number of aliphatic imine (C=N–C) groups is 1. The fourth-order valence-corrected chi connectivity index (χ4v) is 3.35. The number of amides is 1. The molecular formula is C27H38N2O6. The summed E-state index contributed by atoms with van der Waals surface area (Å²) < 4.78 is 16.3. The zero-order valence-electron chi connectivity index (χ0n) is 21.8. The van der Waals surface area contributed by atoms with E-state index in [1.165, 1.54) is 20.1 Å². The highest BCUT2D eigenvalue weighted by Crippen LogP contribution is 2.25. The minimum atomic E-state index is -0.987. The third kappa shape index (κ3) is 8.70. The van der Waals surface area contributed by atoms with Crippen LogP contribution in [0.15, 0.2) is 52.5 Å². The number of hydrogen-bond donors (Lipinski definition) is 1. The molecule has 0 aliphatic carbocycles. The van der Waals surface area contributed by atoms with Crippen molar-refractivity contribution in [2.24, 2.45) is 4.99 Å². The Hall–Kier alpha value is -3.42. The molecule has 0 bridgehead atoms. The van der Waals surface area contributed by atoms with E-state index in [9.17, 15) is 14.4 Å². The fraction of sp³-hybridized carbons (Fsp3) is 0.481. The van der Waals surface area contributed by atoms with Crippen LogP contribution in [0.3, 0.4) is 0 Å². The Morgan fingerprint density at radius 1 is 1.17 bits per heavy atom. The summed E-state index contributed by atoms with van der Waals surface area (Å²) in [4.78, 5) is 41.7. The fourth-order valence-electron chi connectivity index (χ4n) is 3.35. The second kappa shape index (κ2) is 14.8. The Balaban J connectivity index is 3.01. The number of ether oxygens (including phenoxy) is 3. The Bertz CT molecular complexity index is 966. The maximum atomic E-state index is 13.0. The molecule has 0 aromatic heterocycles. The standard InChI is InChI=1S/C27H38N2O6/c1-9-11-16-23(30)35-25(22(10-2)33-8)24(28-7)26(31)29-19(5)27(32)34-20(6)18(4)21-15-13-12-14-17(21)3/h10,12-15,18-20H,7,9,11,16H2,1-6,8H3,(H,29,31)/b22-10+,25-24+/t18-,19+,20+/m1/s1. The predicted octanol–water partition coefficient (Wildman–Crippen LogP) is 4.73. The third-order valence-corrected chi connectivity index (χ3v) is 5.63. The minimum Gasteiger partial charge on any atom is -0.493 e. The van der Waals surface area contributed by atoms with Gasteiger partial charge in [0, 0.05) is 12.3 Å². The SMILES string of the molecule is C=N/C(C(=O)N[C@@H](C)C(=O)O[C@@H](C)[C@@H](C)c1ccccc1C)=C(OC(=O)CCCC)\C(=C/C)OC. The average Bonchev–Trinajstić information content (AvgIpc) is 2.83. The van der Waals surface area contributed by atoms with Crippen LogP contribution in [0.25, 0.3) is 0 Å². The average molecular weight is 487 g/mol. The van der Waals surface area contributed by atoms with E-state index in [-0.39, 0.29) is 29.6 Å². The topological polar surface area (TPSA) is 103 Å². The van der Waals surface area contributed by atoms with Crippen molar-refractivity contribution < 1.29 is 28.6 Å². The lowest BCUT2D eigenvalue weighted by Crippen LogP contribution is -2.42. The van der Waals surface area contributed by atoms with E-state index in [4.69, 9.17) is 14.2 Å². The van der Waals surface area contributed by atoms with E-state index in [1.807, 2.05) is 52.0 Å². The normalized spacial score (nSPS) is 14.7. The van der Waals surface area contributed by atoms with Gasteiger partial charge in [-0.1, -0.05) is 44.5 Å². The van der Waals surface area contributed by atoms with Crippen molar-refractivity contribution in [3.05, 3.63) is 58.7 Å². The summed E-state index contributed by atoms with van der Waals surface area (Å²) in [6.07, 6.45) is 2.73. The molecule has 1 aromatic rings. The first kappa shape index (κ1) is 29.6. The van der Waals surface area contributed by atoms with Gasteiger partial charge in [0.25, 0.3) is 5.91 Å². The molecule has 35 heavy (non-hydrogen) atoms. The van der Waals surface area contributed by atoms with Crippen molar-refractivity contribution in [1.29, 1.82) is 0 Å². The molecule has 1 rings (SSSR count). The van der Waals surface area contributed by atoms with E-state index in [0.29, 0.717) is 6.42 Å². The summed E-state index contributed by atoms with van der Waals surface area (Å²) in [5, 5.41) is 2.55. The second-order valence-electron chi connectivity index (χ2n) is 8.25. The molecule has 8 heteroatoms. The van der Waals surface area contributed by atoms with Gasteiger partial charge in [0.05, 0.1) is 7.11 Å². The van der Waals surface area contributed by atoms with Gasteiger partial charge in [0.1, 0.15) is 12.1 Å². The van der Waals surface area contributed by atoms with Gasteiger partial charge >= 0.3 is 11.9 Å². The van der Waals surface area contributed by atoms with Crippen LogP contribution in [0.4, 0.5) is 0 Å². The summed E-state index contributed by atoms with van der Waals surface area (Å²) in [5.41, 5.74) is 1.92. The van der Waals surface area contributed by atoms with Crippen molar-refractivity contribution in [2.45, 2.75) is 78.9 Å². The summed E-state index contributed by atoms with van der Waals surface area (Å²) >= 11 is 0. The summed E-state index contributed by atoms with van der Waals surface area (Å²) in [6.45, 7) is 14.3. The molecule has 0 saturated carbocycles. The number of nitrogens with zero attached hydrogens (tertiary/aromatic N) is 1. The predicted molar refractivity (Wildman–Crippen MR) is 136 cm³/mol. The van der Waals surface area contributed by atoms with Gasteiger partial charge in [-0.3, -0.25) is 14.6 Å². The summed E-state index contributed by atoms with van der Waals surface area (Å²) in [6, 6.07) is 6.92. The number of esters is 2. The highest BCUT2D eigenvalue weighted by molar-refractivity contribution is 5.97. The van der Waals surface area contributed by atoms with Gasteiger partial charge in [0.2, 0.25) is 5.76 Å². The molecule has 1 amide bonds. The zero-order valence-corrected chi connectivity index (χ0v) is 21.8. The van der Waals surface area contributed by atoms with Crippen molar-refractivity contribution in [2.75, 3.05) is 7.11 Å². The van der Waals surface area contributed by atoms with Crippen LogP contribution in [0, 0.1) is 6.92 Å². The molecule has 0 saturated heterocycles. The number of methoxy groups -OCH3 is 1. The number of hydrogen-bond acceptors (Lipinski definition) is 7. The first-order valence-corrected chi connectivity index (χ1v) is 11.8. The number of rotatable bonds is 13. The van der Waals surface area contributed by atoms with Gasteiger partial charge < -0.3 is 19.5 Å². The molecule has 1 N–H and O–H groups in total. The molecule has 192 valence electrons. The number of aryl methyl sites for hydroxylation is 1. The van der Waals surface area contributed by atoms with Crippen LogP contribution in [0.1, 0.15) is 70.9 Å². The minimum absolute atomic E-state index is 0.0403. The van der Waals surface area contributed by atoms with Crippen molar-refractivity contribution in [1.82, 2.24) is 5.32 Å². The van der Waals surface area contributed by atoms with Gasteiger partial charge in [-0.2, -0.15) is 0 Å². The van der Waals surface area contributed by atoms with Crippen LogP contribution in [-0.4, -0.2) is 43.8 Å². The van der Waals surface area contributed by atoms with Crippen LogP contribution < -0.4 is 5.32 Å². The zero-order chi connectivity index (χ0) is 26.5. The van der Waals surface area contributed by atoms with Gasteiger partial charge in [-0.25, -0.2) is 4.79 Å². The molecule has 8 nitrogen and oxygen atoms in total. The van der Waals surface area contributed by atoms with Gasteiger partial charge in [-0.05, 0) is 58.0 Å². The molecule has 3 atom stereocenters. The number of allylic oxidation sites excluding steroid dienone is 1. The number of unbranched alkanes of at least 4 members (excludes halogenated alkanes) is 1. The Kier molecular flexibility index (Phi) is 12.5. The number of carbonyl (C=O) groups excluding carboxylic acids is 3. The largest absolute Gasteiger partial charge is 0.493 e. The lowest BCUT2D eigenvalue weighted by Gasteiger charge is -2.24. The van der Waals surface area contributed by atoms with E-state index in [1.54, 1.807) is 6.92 Å². The Labute approximate surface area is 208 Å². The van der Waals surface area contributed by atoms with Crippen LogP contribution in [0.5, 0.6) is 0 Å². The van der Waals surface area contributed by atoms with Crippen molar-refractivity contribution in [3.8, 4) is 0 Å². The van der Waals surface area contributed by atoms with Gasteiger partial charge in [0.15, 0.2) is 11.5 Å². The smallest absolute Gasteiger partial charge is 0.328 e. The Morgan fingerprint density at radius 2 is 1.83 bits per heavy atom. The van der Waals surface area contributed by atoms with Crippen LogP contribution in [-0.2, 0) is 28.6 Å². The first-order valence-electron chi connectivity index (χ1n) is 11.8. The lowest BCUT2D eigenvalue weighted by molar-refractivity contribution is -0.152. The van der Waals surface area contributed by atoms with E-state index in [0.717, 1.165) is 17.5 Å². The number of carbonyl (C=O) groups is 3. The molecule has 0 aliphatic heterocycles. The highest BCUT2D eigenvalue weighted by atomic mass is 16.6. The maximum absolute atomic E-state index is 13.0. The summed E-state index contributed by atoms with van der Waals surface area (Å²) in [5.74, 6) is -1.94. The van der Waals surface area contributed by atoms with Crippen molar-refractivity contribution in [3.63, 3.8) is 0 Å². The molecule has 0 spiro atoms. The Morgan fingerprint density at radius 3 is 2.37 bits per heavy atom. The molecule has 0 heterocycles. The lowest BCUT2D eigenvalue weighted by atomic mass is 9.92. The van der Waals surface area contributed by atoms with Crippen molar-refractivity contribution >= 4 is 24.6 Å². The van der Waals surface area contributed by atoms with Gasteiger partial charge in [-0.15, -0.1) is 0 Å². The van der Waals surface area contributed by atoms with Crippen LogP contribution >= 0.6 is 0 Å². The molecule has 0 aliphatic rings. The molecule has 0 fully saturated rings. The monoisotopic (exact) mass is 486 g/mol. The quantitative estimate of drug-likeness (QED) is 0.142. The number of nitrogens with one attached hydrogen (secondary N) is 1.